The summed E-state index contributed by atoms with van der Waals surface area (Å²) in [7, 11) is 0. The average molecular weight is 971 g/mol. The van der Waals surface area contributed by atoms with Crippen LogP contribution in [-0.4, -0.2) is 30.3 Å². The van der Waals surface area contributed by atoms with E-state index in [1.165, 1.54) is 0 Å². The molecule has 205 valence electrons. The summed E-state index contributed by atoms with van der Waals surface area (Å²) in [5, 5.41) is 33.1. The van der Waals surface area contributed by atoms with Crippen molar-refractivity contribution in [3.8, 4) is 17.2 Å². The van der Waals surface area contributed by atoms with Crippen LogP contribution in [0.3, 0.4) is 0 Å². The Hall–Kier alpha value is -1.13. The van der Waals surface area contributed by atoms with Crippen LogP contribution in [0.2, 0.25) is 15.1 Å². The SMILES string of the molecule is Oc1c(I)cc(Cl)c2cccnc12.Oc1c(I)cc(Cl)c2cccnc12.Oc1c(I)cc(Cl)c2cccnc12.[Mn]. The minimum Gasteiger partial charge on any atom is -0.505 e. The van der Waals surface area contributed by atoms with Crippen LogP contribution in [-0.2, 0) is 17.1 Å². The molecule has 0 aliphatic rings. The Morgan fingerprint density at radius 2 is 0.750 bits per heavy atom. The molecule has 0 saturated carbocycles. The van der Waals surface area contributed by atoms with E-state index in [1.807, 2.05) is 86.0 Å². The standard InChI is InChI=1S/3C9H5ClINO.Mn/c3*10-6-4-7(11)9(13)8-5(6)2-1-3-12-8;/h3*1-4,13H;. The van der Waals surface area contributed by atoms with Gasteiger partial charge in [-0.15, -0.1) is 0 Å². The first-order valence-corrected chi connectivity index (χ1v) is 15.2. The Kier molecular flexibility index (Phi) is 12.4. The number of pyridine rings is 3. The van der Waals surface area contributed by atoms with Crippen LogP contribution in [0.4, 0.5) is 0 Å². The van der Waals surface area contributed by atoms with Gasteiger partial charge >= 0.3 is 0 Å². The predicted molar refractivity (Wildman–Crippen MR) is 183 cm³/mol. The molecule has 13 heteroatoms. The molecular weight excluding hydrogens is 956 g/mol. The fourth-order valence-electron chi connectivity index (χ4n) is 3.47. The third-order valence-corrected chi connectivity index (χ3v) is 8.71. The molecule has 0 saturated heterocycles. The number of benzene rings is 3. The van der Waals surface area contributed by atoms with Gasteiger partial charge in [-0.05, 0) is 122 Å². The Labute approximate surface area is 295 Å². The maximum atomic E-state index is 9.65. The second kappa shape index (κ2) is 14.9. The molecule has 0 aliphatic heterocycles. The number of hydrogen-bond acceptors (Lipinski definition) is 6. The van der Waals surface area contributed by atoms with E-state index in [2.05, 4.69) is 15.0 Å². The summed E-state index contributed by atoms with van der Waals surface area (Å²) in [4.78, 5) is 12.2. The van der Waals surface area contributed by atoms with Crippen molar-refractivity contribution in [2.45, 2.75) is 0 Å². The fraction of sp³-hybridized carbons (Fsp3) is 0. The average Bonchev–Trinajstić information content (AvgIpc) is 2.94. The number of nitrogens with zero attached hydrogens (tertiary/aromatic N) is 3. The normalized spacial score (nSPS) is 10.3. The molecule has 3 N–H and O–H groups in total. The third kappa shape index (κ3) is 7.44. The topological polar surface area (TPSA) is 99.4 Å². The monoisotopic (exact) mass is 970 g/mol. The van der Waals surface area contributed by atoms with Crippen molar-refractivity contribution in [2.24, 2.45) is 0 Å². The summed E-state index contributed by atoms with van der Waals surface area (Å²) >= 11 is 24.0. The van der Waals surface area contributed by atoms with E-state index in [1.54, 1.807) is 55.0 Å². The molecule has 3 aromatic carbocycles. The van der Waals surface area contributed by atoms with E-state index in [9.17, 15) is 15.3 Å². The molecular formula is C27H15Cl3I3MnN3O3. The Balaban J connectivity index is 0.000000163. The van der Waals surface area contributed by atoms with E-state index >= 15 is 0 Å². The van der Waals surface area contributed by atoms with Gasteiger partial charge in [0.2, 0.25) is 0 Å². The number of aromatic nitrogens is 3. The number of halogens is 6. The summed E-state index contributed by atoms with van der Waals surface area (Å²) in [6.07, 6.45) is 4.90. The van der Waals surface area contributed by atoms with Gasteiger partial charge in [-0.3, -0.25) is 15.0 Å². The van der Waals surface area contributed by atoms with Crippen LogP contribution in [0, 0.1) is 10.7 Å². The Morgan fingerprint density at radius 3 is 1.00 bits per heavy atom. The molecule has 40 heavy (non-hydrogen) atoms. The van der Waals surface area contributed by atoms with E-state index in [-0.39, 0.29) is 34.3 Å². The zero-order chi connectivity index (χ0) is 28.3. The van der Waals surface area contributed by atoms with Crippen LogP contribution in [0.15, 0.2) is 73.2 Å². The van der Waals surface area contributed by atoms with E-state index < -0.39 is 0 Å². The van der Waals surface area contributed by atoms with Crippen molar-refractivity contribution < 1.29 is 32.4 Å². The maximum absolute atomic E-state index is 9.65. The predicted octanol–water partition coefficient (Wildman–Crippen LogP) is 9.59. The van der Waals surface area contributed by atoms with Gasteiger partial charge in [-0.2, -0.15) is 0 Å². The number of fused-ring (bicyclic) bond motifs is 3. The van der Waals surface area contributed by atoms with Gasteiger partial charge < -0.3 is 15.3 Å². The van der Waals surface area contributed by atoms with Gasteiger partial charge in [0.05, 0.1) is 25.8 Å². The van der Waals surface area contributed by atoms with Crippen molar-refractivity contribution in [3.05, 3.63) is 99.0 Å². The van der Waals surface area contributed by atoms with Crippen LogP contribution in [0.1, 0.15) is 0 Å². The number of phenolic OH excluding ortho intramolecular Hbond substituents is 3. The van der Waals surface area contributed by atoms with Crippen LogP contribution in [0.5, 0.6) is 17.2 Å². The smallest absolute Gasteiger partial charge is 0.155 e. The number of phenols is 3. The quantitative estimate of drug-likeness (QED) is 0.104. The van der Waals surface area contributed by atoms with Crippen molar-refractivity contribution in [1.29, 1.82) is 0 Å². The maximum Gasteiger partial charge on any atom is 0.155 e. The fourth-order valence-corrected chi connectivity index (χ4v) is 6.51. The first kappa shape index (κ1) is 33.4. The Morgan fingerprint density at radius 1 is 0.500 bits per heavy atom. The van der Waals surface area contributed by atoms with Crippen LogP contribution in [0.25, 0.3) is 32.7 Å². The second-order valence-electron chi connectivity index (χ2n) is 7.77. The van der Waals surface area contributed by atoms with E-state index in [0.717, 1.165) is 16.2 Å². The number of rotatable bonds is 0. The van der Waals surface area contributed by atoms with E-state index in [0.29, 0.717) is 42.3 Å². The van der Waals surface area contributed by atoms with Gasteiger partial charge in [-0.25, -0.2) is 0 Å². The van der Waals surface area contributed by atoms with Crippen molar-refractivity contribution in [3.63, 3.8) is 0 Å². The minimum atomic E-state index is 0. The zero-order valence-corrected chi connectivity index (χ0v) is 29.7. The molecule has 6 aromatic rings. The molecule has 0 aliphatic carbocycles. The molecule has 0 bridgehead atoms. The first-order valence-electron chi connectivity index (χ1n) is 10.8. The molecule has 6 nitrogen and oxygen atoms in total. The molecule has 3 heterocycles. The van der Waals surface area contributed by atoms with Gasteiger partial charge in [0.25, 0.3) is 0 Å². The largest absolute Gasteiger partial charge is 0.505 e. The molecule has 6 rings (SSSR count). The minimum absolute atomic E-state index is 0. The number of hydrogen-bond donors (Lipinski definition) is 3. The summed E-state index contributed by atoms with van der Waals surface area (Å²) in [6, 6.07) is 16.0. The number of aromatic hydroxyl groups is 3. The van der Waals surface area contributed by atoms with Crippen molar-refractivity contribution in [1.82, 2.24) is 15.0 Å². The molecule has 0 spiro atoms. The zero-order valence-electron chi connectivity index (χ0n) is 19.8. The van der Waals surface area contributed by atoms with Gasteiger partial charge in [0, 0.05) is 51.8 Å². The van der Waals surface area contributed by atoms with Gasteiger partial charge in [0.1, 0.15) is 16.6 Å². The van der Waals surface area contributed by atoms with Gasteiger partial charge in [-0.1, -0.05) is 34.8 Å². The molecule has 1 radical (unpaired) electrons. The second-order valence-corrected chi connectivity index (χ2v) is 12.5. The molecule has 0 fully saturated rings. The van der Waals surface area contributed by atoms with Crippen molar-refractivity contribution >= 4 is 135 Å². The molecule has 0 atom stereocenters. The molecule has 3 aromatic heterocycles. The molecule has 0 unspecified atom stereocenters. The summed E-state index contributed by atoms with van der Waals surface area (Å²) < 4.78 is 2.15. The van der Waals surface area contributed by atoms with Crippen molar-refractivity contribution in [2.75, 3.05) is 0 Å². The van der Waals surface area contributed by atoms with E-state index in [4.69, 9.17) is 34.8 Å². The molecule has 0 amide bonds. The summed E-state index contributed by atoms with van der Waals surface area (Å²) in [6.45, 7) is 0. The third-order valence-electron chi connectivity index (χ3n) is 5.31. The summed E-state index contributed by atoms with van der Waals surface area (Å²) in [5.74, 6) is 0.585. The Bertz CT molecular complexity index is 1640. The van der Waals surface area contributed by atoms with Crippen LogP contribution < -0.4 is 0 Å². The van der Waals surface area contributed by atoms with Gasteiger partial charge in [0.15, 0.2) is 17.2 Å². The van der Waals surface area contributed by atoms with Crippen LogP contribution >= 0.6 is 103 Å². The first-order chi connectivity index (χ1) is 18.6. The summed E-state index contributed by atoms with van der Waals surface area (Å²) in [5.41, 5.74) is 1.67.